The van der Waals surface area contributed by atoms with Crippen LogP contribution in [0.2, 0.25) is 0 Å². The molecule has 0 aromatic carbocycles. The zero-order valence-corrected chi connectivity index (χ0v) is 35.5. The van der Waals surface area contributed by atoms with Crippen molar-refractivity contribution in [3.8, 4) is 0 Å². The van der Waals surface area contributed by atoms with Crippen molar-refractivity contribution in [3.05, 3.63) is 37.2 Å². The van der Waals surface area contributed by atoms with Crippen LogP contribution in [-0.4, -0.2) is 183 Å². The van der Waals surface area contributed by atoms with E-state index in [1.165, 1.54) is 26.6 Å². The van der Waals surface area contributed by atoms with Gasteiger partial charge in [0.25, 0.3) is 0 Å². The van der Waals surface area contributed by atoms with Gasteiger partial charge in [-0.1, -0.05) is 17.4 Å². The Hall–Kier alpha value is -4.47. The van der Waals surface area contributed by atoms with Crippen LogP contribution in [0.3, 0.4) is 0 Å². The molecule has 0 aliphatic carbocycles. The number of rotatable bonds is 28. The third-order valence-corrected chi connectivity index (χ3v) is 11.4. The third-order valence-electron chi connectivity index (χ3n) is 11.4. The number of likely N-dealkylation sites (tertiary alicyclic amines) is 1. The van der Waals surface area contributed by atoms with Gasteiger partial charge in [-0.25, -0.2) is 14.5 Å². The molecular formula is C38H53N6O22-3. The standard InChI is InChI=1S/C38H56N6O22/c1-3-20-25-26(21(4-2)60-20)35(52)44(34(25)51)11-7-5-6-10-42(23(45)8-9-24(46)47)16-19-17-43(41-40-19)12-13-57-14-15-58-38-30(50)29(49)32(33(63-38)36(53)54)62-37-27(39)31(64-66-56)28(48)22(61-37)18-59-65-55/h3-4,17,20-22,25-33,37-38,48-50,55-56H,1-2,5-16,18,39H2,(H,46,47)(H,53,54)/p-3/t20-,21+,22?,25+,26-,27?,28-,29-,30?,31-,32+,33?,37-,38-/m1/s1. The number of hydrogen-bond donors (Lipinski definition) is 4. The van der Waals surface area contributed by atoms with Crippen molar-refractivity contribution in [2.24, 2.45) is 11.8 Å². The van der Waals surface area contributed by atoms with Crippen molar-refractivity contribution in [1.29, 1.82) is 0 Å². The molecular weight excluding hydrogens is 892 g/mol. The van der Waals surface area contributed by atoms with Crippen LogP contribution in [-0.2, 0) is 85.3 Å². The lowest BCUT2D eigenvalue weighted by atomic mass is 9.89. The van der Waals surface area contributed by atoms with E-state index < -0.39 is 116 Å². The molecule has 1 aromatic rings. The molecule has 28 nitrogen and oxygen atoms in total. The van der Waals surface area contributed by atoms with Crippen molar-refractivity contribution in [1.82, 2.24) is 24.8 Å². The normalized spacial score (nSPS) is 32.1. The topological polar surface area (TPSA) is 395 Å². The minimum atomic E-state index is -2.08. The summed E-state index contributed by atoms with van der Waals surface area (Å²) in [5, 5.41) is 91.0. The Balaban J connectivity index is 1.05. The molecule has 3 amide bonds. The predicted molar refractivity (Wildman–Crippen MR) is 198 cm³/mol. The Bertz CT molecular complexity index is 1780. The fraction of sp³-hybridized carbons (Fsp3) is 0.711. The summed E-state index contributed by atoms with van der Waals surface area (Å²) >= 11 is 0. The highest BCUT2D eigenvalue weighted by atomic mass is 17.5. The smallest absolute Gasteiger partial charge is 0.236 e. The first-order valence-corrected chi connectivity index (χ1v) is 20.9. The third kappa shape index (κ3) is 12.9. The first-order valence-electron chi connectivity index (χ1n) is 20.9. The number of aliphatic hydroxyl groups is 3. The number of carbonyl (C=O) groups is 5. The van der Waals surface area contributed by atoms with E-state index in [9.17, 15) is 60.0 Å². The second-order valence-corrected chi connectivity index (χ2v) is 15.6. The van der Waals surface area contributed by atoms with Gasteiger partial charge in [-0.15, -0.1) is 18.3 Å². The molecule has 4 fully saturated rings. The number of aliphatic carboxylic acids is 2. The van der Waals surface area contributed by atoms with Crippen LogP contribution in [0.25, 0.3) is 0 Å². The molecule has 0 bridgehead atoms. The molecule has 5 heterocycles. The summed E-state index contributed by atoms with van der Waals surface area (Å²) in [6.07, 6.45) is -12.0. The van der Waals surface area contributed by atoms with Gasteiger partial charge in [-0.3, -0.25) is 29.4 Å². The van der Waals surface area contributed by atoms with E-state index in [4.69, 9.17) is 28.4 Å². The number of hydrogen-bond acceptors (Lipinski definition) is 24. The SMILES string of the molecule is C=C[C@@H]1O[C@H](C=C)[C@@H]2C(=O)N(CCCCCN(Cc3cn(CCOCCO[C@@H]4OC(C(=O)[O-])[C@@H](O[C@H]5OC(COO[O-])[C@@H](O)[C@H](OO[O-])C5[NH3+])[C@H](O)C4O)nn3)C(=O)CCC(=O)[O-])C(=O)[C@@H]21. The van der Waals surface area contributed by atoms with Gasteiger partial charge in [0, 0.05) is 25.5 Å². The van der Waals surface area contributed by atoms with E-state index in [-0.39, 0.29) is 64.2 Å². The lowest BCUT2D eigenvalue weighted by Gasteiger charge is -2.46. The lowest BCUT2D eigenvalue weighted by molar-refractivity contribution is -0.812. The Morgan fingerprint density at radius 1 is 0.864 bits per heavy atom. The molecule has 0 spiro atoms. The zero-order chi connectivity index (χ0) is 48.1. The number of imide groups is 1. The number of quaternary nitrogens is 1. The number of carboxylic acid groups (broad SMARTS) is 2. The van der Waals surface area contributed by atoms with Gasteiger partial charge in [0.15, 0.2) is 18.4 Å². The summed E-state index contributed by atoms with van der Waals surface area (Å²) in [5.41, 5.74) is 4.04. The molecule has 28 heteroatoms. The molecule has 5 rings (SSSR count). The van der Waals surface area contributed by atoms with Gasteiger partial charge in [-0.2, -0.15) is 0 Å². The number of amides is 3. The maximum atomic E-state index is 13.1. The largest absolute Gasteiger partial charge is 0.692 e. The van der Waals surface area contributed by atoms with Crippen LogP contribution in [0.1, 0.15) is 37.8 Å². The van der Waals surface area contributed by atoms with E-state index in [1.807, 2.05) is 0 Å². The molecule has 370 valence electrons. The minimum absolute atomic E-state index is 0.00126. The molecule has 0 radical (unpaired) electrons. The highest BCUT2D eigenvalue weighted by molar-refractivity contribution is 6.06. The minimum Gasteiger partial charge on any atom is -0.692 e. The molecule has 4 saturated heterocycles. The molecule has 0 saturated carbocycles. The number of ether oxygens (including phenoxy) is 6. The van der Waals surface area contributed by atoms with Gasteiger partial charge in [0.1, 0.15) is 48.9 Å². The number of nitrogens with zero attached hydrogens (tertiary/aromatic N) is 5. The predicted octanol–water partition coefficient (Wildman–Crippen LogP) is -8.83. The second kappa shape index (κ2) is 25.1. The summed E-state index contributed by atoms with van der Waals surface area (Å²) < 4.78 is 34.5. The lowest BCUT2D eigenvalue weighted by Crippen LogP contribution is -2.79. The number of aromatic nitrogens is 3. The number of unbranched alkanes of at least 4 members (excludes halogenated alkanes) is 2. The average molecular weight is 946 g/mol. The van der Waals surface area contributed by atoms with Gasteiger partial charge in [0.05, 0.1) is 69.1 Å². The fourth-order valence-electron chi connectivity index (χ4n) is 8.03. The van der Waals surface area contributed by atoms with Gasteiger partial charge < -0.3 is 84.7 Å². The average Bonchev–Trinajstić information content (AvgIpc) is 3.98. The molecule has 66 heavy (non-hydrogen) atoms. The first-order chi connectivity index (χ1) is 31.6. The Kier molecular flexibility index (Phi) is 19.9. The van der Waals surface area contributed by atoms with Crippen LogP contribution >= 0.6 is 0 Å². The van der Waals surface area contributed by atoms with Crippen molar-refractivity contribution in [2.75, 3.05) is 39.5 Å². The van der Waals surface area contributed by atoms with Gasteiger partial charge >= 0.3 is 0 Å². The number of carboxylic acids is 2. The quantitative estimate of drug-likeness (QED) is 0.0199. The Labute approximate surface area is 375 Å². The summed E-state index contributed by atoms with van der Waals surface area (Å²) in [4.78, 5) is 73.7. The summed E-state index contributed by atoms with van der Waals surface area (Å²) in [7, 11) is 0. The van der Waals surface area contributed by atoms with Crippen molar-refractivity contribution >= 4 is 29.7 Å². The molecule has 14 atom stereocenters. The highest BCUT2D eigenvalue weighted by Crippen LogP contribution is 2.41. The van der Waals surface area contributed by atoms with Crippen LogP contribution in [0.4, 0.5) is 0 Å². The van der Waals surface area contributed by atoms with E-state index in [0.717, 1.165) is 0 Å². The maximum Gasteiger partial charge on any atom is 0.236 e. The van der Waals surface area contributed by atoms with Gasteiger partial charge in [0.2, 0.25) is 24.0 Å². The summed E-state index contributed by atoms with van der Waals surface area (Å²) in [6.45, 7) is 6.91. The first kappa shape index (κ1) is 52.5. The van der Waals surface area contributed by atoms with Crippen LogP contribution in [0.15, 0.2) is 31.5 Å². The monoisotopic (exact) mass is 945 g/mol. The van der Waals surface area contributed by atoms with E-state index in [0.29, 0.717) is 25.0 Å². The van der Waals surface area contributed by atoms with Crippen molar-refractivity contribution in [2.45, 2.75) is 119 Å². The fourth-order valence-corrected chi connectivity index (χ4v) is 8.03. The summed E-state index contributed by atoms with van der Waals surface area (Å²) in [5.74, 6) is -5.69. The van der Waals surface area contributed by atoms with E-state index in [1.54, 1.807) is 6.20 Å². The molecule has 1 aromatic heterocycles. The number of carbonyl (C=O) groups excluding carboxylic acids is 5. The highest BCUT2D eigenvalue weighted by Gasteiger charge is 2.58. The van der Waals surface area contributed by atoms with E-state index >= 15 is 0 Å². The molecule has 4 aliphatic rings. The van der Waals surface area contributed by atoms with Gasteiger partial charge in [-0.05, 0) is 25.7 Å². The zero-order valence-electron chi connectivity index (χ0n) is 35.5. The molecule has 6 N–H and O–H groups in total. The van der Waals surface area contributed by atoms with Crippen LogP contribution < -0.4 is 26.5 Å². The Morgan fingerprint density at radius 3 is 2.21 bits per heavy atom. The second-order valence-electron chi connectivity index (χ2n) is 15.6. The molecule has 4 aliphatic heterocycles. The van der Waals surface area contributed by atoms with E-state index in [2.05, 4.69) is 49.1 Å². The van der Waals surface area contributed by atoms with Crippen molar-refractivity contribution in [3.63, 3.8) is 0 Å². The summed E-state index contributed by atoms with van der Waals surface area (Å²) in [6, 6.07) is -1.33. The van der Waals surface area contributed by atoms with Crippen LogP contribution in [0.5, 0.6) is 0 Å². The maximum absolute atomic E-state index is 13.1. The number of aliphatic hydroxyl groups excluding tert-OH is 3. The van der Waals surface area contributed by atoms with Crippen LogP contribution in [0, 0.1) is 11.8 Å². The Morgan fingerprint density at radius 2 is 1.58 bits per heavy atom. The van der Waals surface area contributed by atoms with Crippen molar-refractivity contribution < 1.29 is 114 Å². The molecule has 4 unspecified atom stereocenters. The number of fused-ring (bicyclic) bond motifs is 1.